The largest absolute Gasteiger partial charge is 0.313 e. The summed E-state index contributed by atoms with van der Waals surface area (Å²) < 4.78 is 0. The van der Waals surface area contributed by atoms with Crippen molar-refractivity contribution in [3.8, 4) is 0 Å². The van der Waals surface area contributed by atoms with Gasteiger partial charge in [0.25, 0.3) is 0 Å². The topological polar surface area (TPSA) is 69.1 Å². The molecule has 0 aromatic heterocycles. The lowest BCUT2D eigenvalue weighted by Gasteiger charge is -2.26. The van der Waals surface area contributed by atoms with Gasteiger partial charge in [-0.1, -0.05) is 0 Å². The third kappa shape index (κ3) is 0.490. The van der Waals surface area contributed by atoms with E-state index in [4.69, 9.17) is 11.5 Å². The zero-order chi connectivity index (χ0) is 7.80. The quantitative estimate of drug-likeness (QED) is 0.458. The molecule has 3 heteroatoms. The highest BCUT2D eigenvalue weighted by molar-refractivity contribution is 5.82. The van der Waals surface area contributed by atoms with Gasteiger partial charge >= 0.3 is 0 Å². The van der Waals surface area contributed by atoms with Crippen molar-refractivity contribution in [2.24, 2.45) is 35.1 Å². The van der Waals surface area contributed by atoms with Crippen LogP contribution in [0, 0.1) is 23.7 Å². The van der Waals surface area contributed by atoms with E-state index in [2.05, 4.69) is 0 Å². The highest BCUT2D eigenvalue weighted by atomic mass is 16.1. The first kappa shape index (κ1) is 6.14. The third-order valence-electron chi connectivity index (χ3n) is 3.83. The molecule has 0 spiro atoms. The van der Waals surface area contributed by atoms with E-state index in [0.717, 1.165) is 12.8 Å². The molecule has 3 rings (SSSR count). The van der Waals surface area contributed by atoms with Crippen molar-refractivity contribution in [3.63, 3.8) is 0 Å². The summed E-state index contributed by atoms with van der Waals surface area (Å²) in [6.07, 6.45) is 1.50. The molecule has 0 amide bonds. The van der Waals surface area contributed by atoms with Crippen molar-refractivity contribution in [2.45, 2.75) is 18.5 Å². The number of fused-ring (bicyclic) bond motifs is 4. The average molecular weight is 152 g/mol. The Balaban J connectivity index is 1.87. The number of ketones is 1. The predicted molar refractivity (Wildman–Crippen MR) is 39.3 cm³/mol. The molecule has 0 heterocycles. The van der Waals surface area contributed by atoms with Gasteiger partial charge in [-0.25, -0.2) is 0 Å². The summed E-state index contributed by atoms with van der Waals surface area (Å²) in [5.41, 5.74) is 11.2. The Hall–Kier alpha value is -0.410. The van der Waals surface area contributed by atoms with Gasteiger partial charge in [-0.15, -0.1) is 0 Å². The molecule has 60 valence electrons. The summed E-state index contributed by atoms with van der Waals surface area (Å²) in [7, 11) is 0. The predicted octanol–water partition coefficient (Wildman–Crippen LogP) is -0.545. The van der Waals surface area contributed by atoms with Crippen LogP contribution in [-0.2, 0) is 4.79 Å². The minimum absolute atomic E-state index is 0.393. The molecule has 0 radical (unpaired) electrons. The van der Waals surface area contributed by atoms with Gasteiger partial charge < -0.3 is 11.5 Å². The summed E-state index contributed by atoms with van der Waals surface area (Å²) in [6.45, 7) is 0. The maximum atomic E-state index is 11.0. The van der Waals surface area contributed by atoms with E-state index < -0.39 is 5.66 Å². The summed E-state index contributed by atoms with van der Waals surface area (Å²) in [4.78, 5) is 11.0. The van der Waals surface area contributed by atoms with Gasteiger partial charge in [0.2, 0.25) is 0 Å². The Kier molecular flexibility index (Phi) is 0.775. The van der Waals surface area contributed by atoms with E-state index in [1.54, 1.807) is 0 Å². The van der Waals surface area contributed by atoms with Gasteiger partial charge in [-0.05, 0) is 23.7 Å². The van der Waals surface area contributed by atoms with Gasteiger partial charge in [-0.2, -0.15) is 0 Å². The number of carbonyl (C=O) groups is 1. The van der Waals surface area contributed by atoms with Crippen LogP contribution in [0.3, 0.4) is 0 Å². The van der Waals surface area contributed by atoms with Crippen LogP contribution >= 0.6 is 0 Å². The minimum atomic E-state index is -0.393. The van der Waals surface area contributed by atoms with Crippen molar-refractivity contribution < 1.29 is 4.79 Å². The number of rotatable bonds is 0. The molecule has 3 aliphatic rings. The number of nitrogens with two attached hydrogens (primary N) is 2. The van der Waals surface area contributed by atoms with E-state index in [-0.39, 0.29) is 0 Å². The molecule has 0 aliphatic heterocycles. The Morgan fingerprint density at radius 1 is 1.18 bits per heavy atom. The van der Waals surface area contributed by atoms with Gasteiger partial charge in [0.15, 0.2) is 0 Å². The molecule has 3 saturated carbocycles. The molecular weight excluding hydrogens is 140 g/mol. The minimum Gasteiger partial charge on any atom is -0.313 e. The molecule has 0 saturated heterocycles. The first-order valence-corrected chi connectivity index (χ1v) is 4.22. The maximum absolute atomic E-state index is 11.0. The summed E-state index contributed by atoms with van der Waals surface area (Å²) in [5, 5.41) is 0. The zero-order valence-corrected chi connectivity index (χ0v) is 6.29. The number of hydrogen-bond donors (Lipinski definition) is 2. The smallest absolute Gasteiger partial charge is 0.133 e. The molecule has 11 heavy (non-hydrogen) atoms. The van der Waals surface area contributed by atoms with Crippen LogP contribution in [-0.4, -0.2) is 11.4 Å². The number of hydrogen-bond acceptors (Lipinski definition) is 3. The first-order valence-electron chi connectivity index (χ1n) is 4.22. The maximum Gasteiger partial charge on any atom is 0.133 e. The van der Waals surface area contributed by atoms with Gasteiger partial charge in [-0.3, -0.25) is 4.79 Å². The van der Waals surface area contributed by atoms with E-state index in [1.807, 2.05) is 0 Å². The fourth-order valence-electron chi connectivity index (χ4n) is 3.31. The van der Waals surface area contributed by atoms with Crippen LogP contribution in [0.1, 0.15) is 12.8 Å². The van der Waals surface area contributed by atoms with Crippen molar-refractivity contribution in [3.05, 3.63) is 0 Å². The normalized spacial score (nSPS) is 56.4. The molecule has 1 unspecified atom stereocenters. The molecule has 3 aliphatic carbocycles. The average Bonchev–Trinajstić information content (AvgIpc) is 2.24. The van der Waals surface area contributed by atoms with Crippen molar-refractivity contribution in [1.82, 2.24) is 0 Å². The molecule has 3 fully saturated rings. The molecule has 4 N–H and O–H groups in total. The third-order valence-corrected chi connectivity index (χ3v) is 3.83. The Morgan fingerprint density at radius 3 is 2.09 bits per heavy atom. The van der Waals surface area contributed by atoms with E-state index in [0.29, 0.717) is 29.5 Å². The lowest BCUT2D eigenvalue weighted by Crippen LogP contribution is -2.36. The highest BCUT2D eigenvalue weighted by Gasteiger charge is 2.77. The Morgan fingerprint density at radius 2 is 1.64 bits per heavy atom. The lowest BCUT2D eigenvalue weighted by molar-refractivity contribution is -0.117. The van der Waals surface area contributed by atoms with E-state index in [9.17, 15) is 4.79 Å². The monoisotopic (exact) mass is 152 g/mol. The molecule has 3 nitrogen and oxygen atoms in total. The van der Waals surface area contributed by atoms with Crippen LogP contribution in [0.25, 0.3) is 0 Å². The summed E-state index contributed by atoms with van der Waals surface area (Å²) in [6, 6.07) is 0. The van der Waals surface area contributed by atoms with Crippen LogP contribution in [0.4, 0.5) is 0 Å². The molecule has 0 aromatic rings. The summed E-state index contributed by atoms with van der Waals surface area (Å²) in [5.74, 6) is 2.51. The lowest BCUT2D eigenvalue weighted by atomic mass is 9.77. The second kappa shape index (κ2) is 1.39. The van der Waals surface area contributed by atoms with E-state index >= 15 is 0 Å². The molecule has 4 atom stereocenters. The number of Topliss-reactive ketones (excluding diaryl/α,β-unsaturated/α-hetero) is 1. The number of carbonyl (C=O) groups excluding carboxylic acids is 1. The second-order valence-corrected chi connectivity index (χ2v) is 4.33. The van der Waals surface area contributed by atoms with Crippen molar-refractivity contribution in [2.75, 3.05) is 0 Å². The summed E-state index contributed by atoms with van der Waals surface area (Å²) >= 11 is 0. The second-order valence-electron chi connectivity index (χ2n) is 4.33. The Bertz CT molecular complexity index is 226. The van der Waals surface area contributed by atoms with Crippen LogP contribution in [0.2, 0.25) is 0 Å². The molecule has 0 bridgehead atoms. The molecule has 0 aromatic carbocycles. The van der Waals surface area contributed by atoms with E-state index in [1.165, 1.54) is 0 Å². The van der Waals surface area contributed by atoms with Crippen molar-refractivity contribution in [1.29, 1.82) is 0 Å². The van der Waals surface area contributed by atoms with Crippen LogP contribution in [0.15, 0.2) is 0 Å². The fraction of sp³-hybridized carbons (Fsp3) is 0.875. The SMILES string of the molecule is NC1(N)C2[C@H]3CC(=O)C[C@H]3[C@@H]21. The first-order chi connectivity index (χ1) is 5.12. The van der Waals surface area contributed by atoms with Gasteiger partial charge in [0.05, 0.1) is 5.66 Å². The fourth-order valence-corrected chi connectivity index (χ4v) is 3.31. The van der Waals surface area contributed by atoms with Gasteiger partial charge in [0, 0.05) is 12.8 Å². The van der Waals surface area contributed by atoms with Gasteiger partial charge in [0.1, 0.15) is 5.78 Å². The zero-order valence-electron chi connectivity index (χ0n) is 6.29. The van der Waals surface area contributed by atoms with Crippen molar-refractivity contribution >= 4 is 5.78 Å². The molecular formula is C8H12N2O. The highest BCUT2D eigenvalue weighted by Crippen LogP contribution is 2.71. The van der Waals surface area contributed by atoms with Crippen LogP contribution in [0.5, 0.6) is 0 Å². The Labute approximate surface area is 65.1 Å². The van der Waals surface area contributed by atoms with Crippen LogP contribution < -0.4 is 11.5 Å². The standard InChI is InChI=1S/C8H12N2O/c9-8(10)6-4-1-3(11)2-5(4)7(6)8/h4-7H,1-2,9-10H2/t4-,5+,6+,7?/m1/s1.